The monoisotopic (exact) mass is 366 g/mol. The maximum Gasteiger partial charge on any atom is 0.416 e. The average molecular weight is 366 g/mol. The Morgan fingerprint density at radius 2 is 1.77 bits per heavy atom. The highest BCUT2D eigenvalue weighted by Crippen LogP contribution is 2.62. The van der Waals surface area contributed by atoms with Crippen LogP contribution in [0, 0.1) is 0 Å². The molecule has 0 fully saturated rings. The molecule has 0 bridgehead atoms. The van der Waals surface area contributed by atoms with Gasteiger partial charge in [-0.25, -0.2) is 4.79 Å². The third kappa shape index (κ3) is 3.24. The molecule has 2 aromatic carbocycles. The molecule has 1 amide bonds. The van der Waals surface area contributed by atoms with Crippen LogP contribution in [0.2, 0.25) is 0 Å². The van der Waals surface area contributed by atoms with Gasteiger partial charge in [0.25, 0.3) is 0 Å². The molecule has 4 nitrogen and oxygen atoms in total. The number of hydrogen-bond acceptors (Lipinski definition) is 3. The van der Waals surface area contributed by atoms with E-state index in [1.807, 2.05) is 54.6 Å². The third-order valence-electron chi connectivity index (χ3n) is 4.57. The first-order valence-corrected chi connectivity index (χ1v) is 10.4. The van der Waals surface area contributed by atoms with Crippen LogP contribution in [0.4, 0.5) is 4.79 Å². The second-order valence-electron chi connectivity index (χ2n) is 6.06. The fourth-order valence-electron chi connectivity index (χ4n) is 3.31. The van der Waals surface area contributed by atoms with Crippen LogP contribution in [0.1, 0.15) is 12.8 Å². The van der Waals surface area contributed by atoms with Crippen molar-refractivity contribution < 1.29 is 14.3 Å². The smallest absolute Gasteiger partial charge is 0.416 e. The minimum Gasteiger partial charge on any atom is -0.493 e. The molecule has 1 atom stereocenters. The van der Waals surface area contributed by atoms with Gasteiger partial charge in [0.1, 0.15) is 5.44 Å². The molecular weight excluding hydrogens is 344 g/mol. The molecule has 0 spiro atoms. The van der Waals surface area contributed by atoms with E-state index in [4.69, 9.17) is 17.0 Å². The summed E-state index contributed by atoms with van der Waals surface area (Å²) in [4.78, 5) is 14.1. The van der Waals surface area contributed by atoms with Crippen LogP contribution in [0.25, 0.3) is 0 Å². The van der Waals surface area contributed by atoms with E-state index in [-0.39, 0.29) is 6.09 Å². The van der Waals surface area contributed by atoms with E-state index in [2.05, 4.69) is 6.08 Å². The van der Waals surface area contributed by atoms with Crippen LogP contribution >= 0.6 is 7.14 Å². The molecule has 1 heterocycles. The molecule has 3 radical (unpaired) electrons. The van der Waals surface area contributed by atoms with Crippen molar-refractivity contribution in [2.45, 2.75) is 12.8 Å². The second-order valence-corrected chi connectivity index (χ2v) is 8.96. The molecular formula is C20H22BNO3P. The van der Waals surface area contributed by atoms with Gasteiger partial charge in [0.2, 0.25) is 0 Å². The maximum absolute atomic E-state index is 12.4. The van der Waals surface area contributed by atoms with Crippen molar-refractivity contribution in [3.05, 3.63) is 66.1 Å². The first-order valence-electron chi connectivity index (χ1n) is 8.56. The molecule has 1 aliphatic rings. The molecule has 0 aliphatic carbocycles. The lowest BCUT2D eigenvalue weighted by Gasteiger charge is -2.43. The fourth-order valence-corrected chi connectivity index (χ4v) is 6.56. The zero-order valence-electron chi connectivity index (χ0n) is 15.1. The normalized spacial score (nSPS) is 16.4. The number of carbonyl (C=O) groups is 1. The number of hydrogen-bond donors (Lipinski definition) is 0. The van der Waals surface area contributed by atoms with Crippen LogP contribution in [-0.2, 0) is 4.74 Å². The predicted octanol–water partition coefficient (Wildman–Crippen LogP) is 3.45. The summed E-state index contributed by atoms with van der Waals surface area (Å²) < 4.78 is 10.6. The number of nitrogens with zero attached hydrogens (tertiary/aromatic N) is 1. The Balaban J connectivity index is 2.25. The Morgan fingerprint density at radius 3 is 2.46 bits per heavy atom. The Labute approximate surface area is 156 Å². The van der Waals surface area contributed by atoms with Crippen LogP contribution in [0.15, 0.2) is 66.1 Å². The minimum atomic E-state index is -2.57. The van der Waals surface area contributed by atoms with Crippen LogP contribution in [-0.4, -0.2) is 39.3 Å². The molecule has 1 unspecified atom stereocenters. The van der Waals surface area contributed by atoms with E-state index >= 15 is 0 Å². The van der Waals surface area contributed by atoms with Gasteiger partial charge in [-0.15, -0.1) is 7.14 Å². The lowest BCUT2D eigenvalue weighted by atomic mass is 10.2. The molecule has 1 aliphatic heterocycles. The van der Waals surface area contributed by atoms with Crippen molar-refractivity contribution in [2.75, 3.05) is 20.8 Å². The standard InChI is InChI=1S/C20H22BNO3P/c1-24-17-12-6-7-13-18(17)26(21,16-10-4-3-5-11-16)19-14-8-9-15-22(19)20(23)25-2/h3-7,10-14H,8-9,15H2,1-2H3. The molecule has 0 N–H and O–H groups in total. The number of para-hydroxylation sites is 1. The largest absolute Gasteiger partial charge is 0.493 e. The zero-order chi connectivity index (χ0) is 18.6. The summed E-state index contributed by atoms with van der Waals surface area (Å²) in [5, 5.41) is 1.90. The summed E-state index contributed by atoms with van der Waals surface area (Å²) in [7, 11) is 7.66. The van der Waals surface area contributed by atoms with E-state index in [1.54, 1.807) is 12.0 Å². The van der Waals surface area contributed by atoms with Crippen molar-refractivity contribution in [3.8, 4) is 5.75 Å². The van der Waals surface area contributed by atoms with Crippen molar-refractivity contribution in [3.63, 3.8) is 0 Å². The summed E-state index contributed by atoms with van der Waals surface area (Å²) in [5.41, 5.74) is 0.825. The summed E-state index contributed by atoms with van der Waals surface area (Å²) in [6.45, 7) is 0.597. The topological polar surface area (TPSA) is 38.8 Å². The maximum atomic E-state index is 12.4. The first kappa shape index (κ1) is 18.5. The van der Waals surface area contributed by atoms with Gasteiger partial charge in [0, 0.05) is 6.54 Å². The highest BCUT2D eigenvalue weighted by atomic mass is 31.2. The molecule has 6 heteroatoms. The molecule has 133 valence electrons. The minimum absolute atomic E-state index is 0.378. The van der Waals surface area contributed by atoms with Crippen molar-refractivity contribution in [2.24, 2.45) is 0 Å². The summed E-state index contributed by atoms with van der Waals surface area (Å²) in [6.07, 6.45) is 3.47. The highest BCUT2D eigenvalue weighted by molar-refractivity contribution is 8.11. The van der Waals surface area contributed by atoms with E-state index in [0.29, 0.717) is 6.54 Å². The first-order chi connectivity index (χ1) is 12.6. The molecule has 0 aromatic heterocycles. The number of allylic oxidation sites excluding steroid dienone is 1. The number of ether oxygens (including phenoxy) is 2. The average Bonchev–Trinajstić information content (AvgIpc) is 2.73. The Bertz CT molecular complexity index is 812. The predicted molar refractivity (Wildman–Crippen MR) is 108 cm³/mol. The molecule has 0 saturated heterocycles. The Kier molecular flexibility index (Phi) is 5.68. The zero-order valence-corrected chi connectivity index (χ0v) is 16.0. The Hall–Kier alpha value is -2.26. The van der Waals surface area contributed by atoms with Crippen LogP contribution < -0.4 is 15.3 Å². The Morgan fingerprint density at radius 1 is 1.08 bits per heavy atom. The molecule has 26 heavy (non-hydrogen) atoms. The number of methoxy groups -OCH3 is 2. The van der Waals surface area contributed by atoms with Crippen LogP contribution in [0.3, 0.4) is 0 Å². The molecule has 3 rings (SSSR count). The summed E-state index contributed by atoms with van der Waals surface area (Å²) in [6, 6.07) is 17.7. The van der Waals surface area contributed by atoms with Crippen molar-refractivity contribution in [1.82, 2.24) is 4.90 Å². The van der Waals surface area contributed by atoms with E-state index < -0.39 is 7.14 Å². The van der Waals surface area contributed by atoms with Gasteiger partial charge >= 0.3 is 6.09 Å². The number of benzene rings is 2. The summed E-state index contributed by atoms with van der Waals surface area (Å²) >= 11 is 0. The molecule has 0 saturated carbocycles. The SMILES string of the molecule is [B-][P+](C1=CCCCN1C(=O)OC)(c1ccccc1)c1ccccc1OC. The molecule has 2 aromatic rings. The van der Waals surface area contributed by atoms with Crippen molar-refractivity contribution in [1.29, 1.82) is 0 Å². The van der Waals surface area contributed by atoms with E-state index in [9.17, 15) is 4.79 Å². The lowest BCUT2D eigenvalue weighted by Crippen LogP contribution is -2.39. The van der Waals surface area contributed by atoms with Gasteiger partial charge in [-0.1, -0.05) is 30.3 Å². The van der Waals surface area contributed by atoms with Crippen molar-refractivity contribution >= 4 is 31.4 Å². The fraction of sp³-hybridized carbons (Fsp3) is 0.250. The quantitative estimate of drug-likeness (QED) is 0.615. The number of amides is 1. The van der Waals surface area contributed by atoms with Gasteiger partial charge in [-0.3, -0.25) is 12.5 Å². The van der Waals surface area contributed by atoms with E-state index in [1.165, 1.54) is 7.11 Å². The third-order valence-corrected chi connectivity index (χ3v) is 7.96. The van der Waals surface area contributed by atoms with Gasteiger partial charge in [-0.05, 0) is 43.2 Å². The van der Waals surface area contributed by atoms with Gasteiger partial charge in [0.05, 0.1) is 24.8 Å². The van der Waals surface area contributed by atoms with Gasteiger partial charge in [0.15, 0.2) is 5.75 Å². The van der Waals surface area contributed by atoms with Crippen LogP contribution in [0.5, 0.6) is 5.75 Å². The van der Waals surface area contributed by atoms with Gasteiger partial charge in [-0.2, -0.15) is 0 Å². The number of rotatable bonds is 4. The van der Waals surface area contributed by atoms with Gasteiger partial charge < -0.3 is 9.47 Å². The second kappa shape index (κ2) is 7.97. The highest BCUT2D eigenvalue weighted by Gasteiger charge is 2.39. The summed E-state index contributed by atoms with van der Waals surface area (Å²) in [5.74, 6) is 0.725. The van der Waals surface area contributed by atoms with E-state index in [0.717, 1.165) is 34.6 Å². The number of carbonyl (C=O) groups excluding carboxylic acids is 1. The lowest BCUT2D eigenvalue weighted by molar-refractivity contribution is 0.136.